The Hall–Kier alpha value is -4.11. The van der Waals surface area contributed by atoms with Crippen LogP contribution in [0.15, 0.2) is 83.7 Å². The molecule has 1 aliphatic heterocycles. The third-order valence-electron chi connectivity index (χ3n) is 5.58. The molecule has 1 saturated heterocycles. The summed E-state index contributed by atoms with van der Waals surface area (Å²) in [4.78, 5) is 35.7. The fraction of sp³-hybridized carbons (Fsp3) is 0.115. The fourth-order valence-electron chi connectivity index (χ4n) is 3.77. The molecule has 2 heterocycles. The van der Waals surface area contributed by atoms with Gasteiger partial charge in [-0.25, -0.2) is 9.82 Å². The van der Waals surface area contributed by atoms with Gasteiger partial charge in [-0.1, -0.05) is 29.8 Å². The predicted octanol–water partition coefficient (Wildman–Crippen LogP) is 3.16. The topological polar surface area (TPSA) is 96.7 Å². The van der Waals surface area contributed by atoms with Crippen LogP contribution < -0.4 is 16.2 Å². The smallest absolute Gasteiger partial charge is 0.266 e. The Morgan fingerprint density at radius 2 is 1.76 bits per heavy atom. The van der Waals surface area contributed by atoms with Crippen molar-refractivity contribution >= 4 is 28.4 Å². The number of hydrogen-bond acceptors (Lipinski definition) is 7. The number of ketones is 1. The molecule has 0 aliphatic carbocycles. The first kappa shape index (κ1) is 21.7. The molecule has 1 aromatic heterocycles. The minimum absolute atomic E-state index is 0.201. The van der Waals surface area contributed by atoms with Crippen LogP contribution in [0.5, 0.6) is 0 Å². The molecule has 1 atom stereocenters. The summed E-state index contributed by atoms with van der Waals surface area (Å²) in [6, 6.07) is 21.6. The van der Waals surface area contributed by atoms with Crippen LogP contribution in [0.3, 0.4) is 0 Å². The Morgan fingerprint density at radius 1 is 1.06 bits per heavy atom. The van der Waals surface area contributed by atoms with Crippen LogP contribution in [0.25, 0.3) is 22.7 Å². The van der Waals surface area contributed by atoms with Crippen LogP contribution in [-0.4, -0.2) is 33.3 Å². The monoisotopic (exact) mass is 454 g/mol. The number of carbonyl (C=O) groups is 1. The lowest BCUT2D eigenvalue weighted by atomic mass is 10.1. The maximum atomic E-state index is 13.3. The fourth-order valence-corrected chi connectivity index (χ4v) is 3.77. The van der Waals surface area contributed by atoms with E-state index in [0.29, 0.717) is 28.0 Å². The van der Waals surface area contributed by atoms with E-state index in [1.807, 2.05) is 37.3 Å². The molecule has 4 aromatic rings. The van der Waals surface area contributed by atoms with E-state index in [9.17, 15) is 14.7 Å². The third kappa shape index (κ3) is 4.25. The van der Waals surface area contributed by atoms with E-state index in [-0.39, 0.29) is 17.9 Å². The van der Waals surface area contributed by atoms with Crippen LogP contribution in [0, 0.1) is 6.92 Å². The van der Waals surface area contributed by atoms with E-state index in [2.05, 4.69) is 10.6 Å². The normalized spacial score (nSPS) is 15.9. The molecular formula is C26H22N4O4. The zero-order valence-electron chi connectivity index (χ0n) is 18.4. The first-order chi connectivity index (χ1) is 16.5. The first-order valence-electron chi connectivity index (χ1n) is 10.8. The average molecular weight is 454 g/mol. The highest BCUT2D eigenvalue weighted by atomic mass is 16.8. The summed E-state index contributed by atoms with van der Waals surface area (Å²) in [5, 5.41) is 11.6. The molecule has 0 saturated carbocycles. The number of aliphatic hydroxyl groups excluding tert-OH is 1. The first-order valence-corrected chi connectivity index (χ1v) is 10.8. The Labute approximate surface area is 195 Å². The maximum absolute atomic E-state index is 13.3. The Bertz CT molecular complexity index is 1440. The van der Waals surface area contributed by atoms with Crippen molar-refractivity contribution in [2.24, 2.45) is 0 Å². The van der Waals surface area contributed by atoms with Gasteiger partial charge in [0.1, 0.15) is 5.82 Å². The molecule has 2 N–H and O–H groups in total. The zero-order valence-corrected chi connectivity index (χ0v) is 18.4. The Kier molecular flexibility index (Phi) is 5.77. The quantitative estimate of drug-likeness (QED) is 0.353. The number of aryl methyl sites for hydroxylation is 1. The molecule has 34 heavy (non-hydrogen) atoms. The van der Waals surface area contributed by atoms with E-state index < -0.39 is 6.29 Å². The number of rotatable bonds is 5. The molecule has 0 spiro atoms. The van der Waals surface area contributed by atoms with E-state index in [1.165, 1.54) is 10.6 Å². The summed E-state index contributed by atoms with van der Waals surface area (Å²) >= 11 is 0. The summed E-state index contributed by atoms with van der Waals surface area (Å²) in [5.74, 6) is 0.139. The van der Waals surface area contributed by atoms with Crippen molar-refractivity contribution in [1.82, 2.24) is 15.1 Å². The number of fused-ring (bicyclic) bond motifs is 1. The van der Waals surface area contributed by atoms with Gasteiger partial charge in [0.25, 0.3) is 5.56 Å². The number of nitrogens with one attached hydrogen (secondary N) is 1. The average Bonchev–Trinajstić information content (AvgIpc) is 3.30. The van der Waals surface area contributed by atoms with E-state index in [1.54, 1.807) is 53.5 Å². The van der Waals surface area contributed by atoms with E-state index in [4.69, 9.17) is 4.84 Å². The predicted molar refractivity (Wildman–Crippen MR) is 129 cm³/mol. The number of hydrazine groups is 1. The molecule has 0 amide bonds. The summed E-state index contributed by atoms with van der Waals surface area (Å²) in [7, 11) is 0. The molecule has 0 bridgehead atoms. The van der Waals surface area contributed by atoms with Crippen molar-refractivity contribution in [3.8, 4) is 5.69 Å². The lowest BCUT2D eigenvalue weighted by molar-refractivity contribution is -0.0950. The van der Waals surface area contributed by atoms with Crippen molar-refractivity contribution in [3.63, 3.8) is 0 Å². The summed E-state index contributed by atoms with van der Waals surface area (Å²) < 4.78 is 1.51. The molecule has 170 valence electrons. The second-order valence-electron chi connectivity index (χ2n) is 7.98. The second kappa shape index (κ2) is 9.03. The molecule has 3 aromatic carbocycles. The largest absolute Gasteiger partial charge is 0.365 e. The van der Waals surface area contributed by atoms with Crippen LogP contribution in [0.4, 0.5) is 5.69 Å². The summed E-state index contributed by atoms with van der Waals surface area (Å²) in [6.45, 7) is 2.25. The summed E-state index contributed by atoms with van der Waals surface area (Å²) in [6.07, 6.45) is 2.07. The van der Waals surface area contributed by atoms with Gasteiger partial charge in [0.05, 0.1) is 28.8 Å². The number of benzene rings is 3. The number of allylic oxidation sites excluding steroid dienone is 1. The van der Waals surface area contributed by atoms with Crippen molar-refractivity contribution < 1.29 is 14.7 Å². The molecular weight excluding hydrogens is 432 g/mol. The Morgan fingerprint density at radius 3 is 2.47 bits per heavy atom. The van der Waals surface area contributed by atoms with Crippen molar-refractivity contribution in [2.75, 3.05) is 11.6 Å². The SMILES string of the molecule is Cc1ccc(-n2c(/C=C/C(=O)c3ccc(N4CC(O)ON4)cc3)nc3ccccc3c2=O)cc1. The number of para-hydroxylation sites is 1. The lowest BCUT2D eigenvalue weighted by Crippen LogP contribution is -2.29. The van der Waals surface area contributed by atoms with Gasteiger partial charge in [0, 0.05) is 5.56 Å². The van der Waals surface area contributed by atoms with Gasteiger partial charge in [-0.2, -0.15) is 0 Å². The molecule has 1 fully saturated rings. The highest BCUT2D eigenvalue weighted by Crippen LogP contribution is 2.18. The van der Waals surface area contributed by atoms with E-state index >= 15 is 0 Å². The highest BCUT2D eigenvalue weighted by Gasteiger charge is 2.21. The number of aliphatic hydroxyl groups is 1. The molecule has 5 rings (SSSR count). The van der Waals surface area contributed by atoms with Gasteiger partial charge < -0.3 is 5.11 Å². The third-order valence-corrected chi connectivity index (χ3v) is 5.58. The number of carbonyl (C=O) groups excluding carboxylic acids is 1. The maximum Gasteiger partial charge on any atom is 0.266 e. The van der Waals surface area contributed by atoms with Gasteiger partial charge in [-0.05, 0) is 67.6 Å². The molecule has 8 heteroatoms. The minimum atomic E-state index is -0.912. The van der Waals surface area contributed by atoms with Crippen LogP contribution in [0.2, 0.25) is 0 Å². The van der Waals surface area contributed by atoms with Crippen LogP contribution in [0.1, 0.15) is 21.7 Å². The number of nitrogens with zero attached hydrogens (tertiary/aromatic N) is 3. The zero-order chi connectivity index (χ0) is 23.7. The van der Waals surface area contributed by atoms with Crippen molar-refractivity contribution in [2.45, 2.75) is 13.2 Å². The van der Waals surface area contributed by atoms with Gasteiger partial charge in [-0.3, -0.25) is 19.2 Å². The number of hydrogen-bond donors (Lipinski definition) is 2. The van der Waals surface area contributed by atoms with Crippen molar-refractivity contribution in [1.29, 1.82) is 0 Å². The van der Waals surface area contributed by atoms with Gasteiger partial charge >= 0.3 is 0 Å². The van der Waals surface area contributed by atoms with Gasteiger partial charge in [0.15, 0.2) is 12.1 Å². The van der Waals surface area contributed by atoms with E-state index in [0.717, 1.165) is 11.3 Å². The number of β-amino-alcohol motifs (C(OH)–C–C–N with tert-alkyl or cyclic N) is 1. The minimum Gasteiger partial charge on any atom is -0.365 e. The second-order valence-corrected chi connectivity index (χ2v) is 7.98. The Balaban J connectivity index is 1.48. The standard InChI is InChI=1S/C26H22N4O4/c1-17-6-10-20(11-7-17)30-24(27-22-5-3-2-4-21(22)26(30)33)15-14-23(31)18-8-12-19(13-9-18)29-16-25(32)34-28-29/h2-15,25,28,32H,16H2,1H3/b15-14+. The molecule has 8 nitrogen and oxygen atoms in total. The number of anilines is 1. The van der Waals surface area contributed by atoms with Gasteiger partial charge in [0.2, 0.25) is 0 Å². The number of aromatic nitrogens is 2. The van der Waals surface area contributed by atoms with Crippen molar-refractivity contribution in [3.05, 3.63) is 106 Å². The van der Waals surface area contributed by atoms with Gasteiger partial charge in [-0.15, -0.1) is 5.59 Å². The molecule has 1 aliphatic rings. The summed E-state index contributed by atoms with van der Waals surface area (Å²) in [5.41, 5.74) is 5.95. The molecule has 1 unspecified atom stereocenters. The van der Waals surface area contributed by atoms with Crippen LogP contribution >= 0.6 is 0 Å². The lowest BCUT2D eigenvalue weighted by Gasteiger charge is -2.15. The molecule has 0 radical (unpaired) electrons. The highest BCUT2D eigenvalue weighted by molar-refractivity contribution is 6.06. The van der Waals surface area contributed by atoms with Crippen LogP contribution in [-0.2, 0) is 4.84 Å².